The van der Waals surface area contributed by atoms with Gasteiger partial charge in [-0.05, 0) is 41.5 Å². The van der Waals surface area contributed by atoms with Crippen molar-refractivity contribution < 1.29 is 9.59 Å². The van der Waals surface area contributed by atoms with E-state index in [2.05, 4.69) is 10.6 Å². The quantitative estimate of drug-likeness (QED) is 0.781. The number of amides is 2. The maximum atomic E-state index is 11.8. The standard InChI is InChI=1S/C13H27N3O2/c1-12(2,3)14-8-11(18)16(7)9-10(17)15-13(4,5)6/h14H,8-9H2,1-7H3,(H,15,17). The molecule has 0 aliphatic heterocycles. The van der Waals surface area contributed by atoms with Crippen molar-refractivity contribution in [2.24, 2.45) is 0 Å². The van der Waals surface area contributed by atoms with Crippen LogP contribution in [0, 0.1) is 0 Å². The summed E-state index contributed by atoms with van der Waals surface area (Å²) in [5.41, 5.74) is -0.380. The fraction of sp³-hybridized carbons (Fsp3) is 0.846. The first-order chi connectivity index (χ1) is 7.91. The highest BCUT2D eigenvalue weighted by molar-refractivity contribution is 5.85. The van der Waals surface area contributed by atoms with Gasteiger partial charge in [0, 0.05) is 18.1 Å². The van der Waals surface area contributed by atoms with Gasteiger partial charge in [-0.15, -0.1) is 0 Å². The zero-order valence-electron chi connectivity index (χ0n) is 12.7. The highest BCUT2D eigenvalue weighted by atomic mass is 16.2. The van der Waals surface area contributed by atoms with Gasteiger partial charge in [0.1, 0.15) is 0 Å². The molecule has 0 heterocycles. The third kappa shape index (κ3) is 8.98. The van der Waals surface area contributed by atoms with E-state index < -0.39 is 0 Å². The fourth-order valence-electron chi connectivity index (χ4n) is 1.24. The van der Waals surface area contributed by atoms with E-state index in [9.17, 15) is 9.59 Å². The van der Waals surface area contributed by atoms with Gasteiger partial charge in [0.05, 0.1) is 13.1 Å². The SMILES string of the molecule is CN(CC(=O)NC(C)(C)C)C(=O)CNC(C)(C)C. The molecule has 0 aromatic heterocycles. The monoisotopic (exact) mass is 257 g/mol. The van der Waals surface area contributed by atoms with Crippen molar-refractivity contribution in [2.45, 2.75) is 52.6 Å². The Morgan fingerprint density at radius 2 is 1.50 bits per heavy atom. The van der Waals surface area contributed by atoms with E-state index >= 15 is 0 Å². The van der Waals surface area contributed by atoms with Crippen LogP contribution in [0.4, 0.5) is 0 Å². The highest BCUT2D eigenvalue weighted by Crippen LogP contribution is 1.99. The number of rotatable bonds is 4. The summed E-state index contributed by atoms with van der Waals surface area (Å²) in [4.78, 5) is 24.9. The number of hydrogen-bond donors (Lipinski definition) is 2. The third-order valence-corrected chi connectivity index (χ3v) is 2.09. The molecule has 0 saturated carbocycles. The van der Waals surface area contributed by atoms with Crippen LogP contribution in [0.1, 0.15) is 41.5 Å². The molecule has 0 bridgehead atoms. The summed E-state index contributed by atoms with van der Waals surface area (Å²) >= 11 is 0. The lowest BCUT2D eigenvalue weighted by Crippen LogP contribution is -2.49. The second-order valence-corrected chi connectivity index (χ2v) is 6.65. The van der Waals surface area contributed by atoms with Gasteiger partial charge in [-0.3, -0.25) is 9.59 Å². The van der Waals surface area contributed by atoms with E-state index in [0.29, 0.717) is 0 Å². The maximum Gasteiger partial charge on any atom is 0.240 e. The van der Waals surface area contributed by atoms with Crippen molar-refractivity contribution in [2.75, 3.05) is 20.1 Å². The minimum Gasteiger partial charge on any atom is -0.350 e. The van der Waals surface area contributed by atoms with Crippen molar-refractivity contribution in [3.05, 3.63) is 0 Å². The van der Waals surface area contributed by atoms with Gasteiger partial charge in [-0.1, -0.05) is 0 Å². The molecule has 0 fully saturated rings. The minimum absolute atomic E-state index is 0.0852. The predicted molar refractivity (Wildman–Crippen MR) is 73.3 cm³/mol. The smallest absolute Gasteiger partial charge is 0.240 e. The highest BCUT2D eigenvalue weighted by Gasteiger charge is 2.18. The molecule has 18 heavy (non-hydrogen) atoms. The molecule has 0 aliphatic rings. The molecule has 5 heteroatoms. The van der Waals surface area contributed by atoms with Crippen LogP contribution in [0.3, 0.4) is 0 Å². The number of nitrogens with zero attached hydrogens (tertiary/aromatic N) is 1. The molecule has 0 rings (SSSR count). The minimum atomic E-state index is -0.273. The average Bonchev–Trinajstić information content (AvgIpc) is 2.09. The van der Waals surface area contributed by atoms with E-state index in [0.717, 1.165) is 0 Å². The van der Waals surface area contributed by atoms with E-state index in [-0.39, 0.29) is 36.0 Å². The number of carbonyl (C=O) groups excluding carboxylic acids is 2. The lowest BCUT2D eigenvalue weighted by molar-refractivity contribution is -0.134. The van der Waals surface area contributed by atoms with Gasteiger partial charge >= 0.3 is 0 Å². The zero-order valence-corrected chi connectivity index (χ0v) is 12.7. The molecule has 106 valence electrons. The average molecular weight is 257 g/mol. The van der Waals surface area contributed by atoms with Crippen LogP contribution in [0.5, 0.6) is 0 Å². The van der Waals surface area contributed by atoms with E-state index in [4.69, 9.17) is 0 Å². The van der Waals surface area contributed by atoms with Gasteiger partial charge in [0.15, 0.2) is 0 Å². The number of hydrogen-bond acceptors (Lipinski definition) is 3. The molecule has 0 aromatic carbocycles. The summed E-state index contributed by atoms with van der Waals surface area (Å²) in [6.07, 6.45) is 0. The Labute approximate surface area is 110 Å². The summed E-state index contributed by atoms with van der Waals surface area (Å²) in [6.45, 7) is 12.0. The summed E-state index contributed by atoms with van der Waals surface area (Å²) in [5, 5.41) is 5.93. The van der Waals surface area contributed by atoms with Gasteiger partial charge < -0.3 is 15.5 Å². The molecule has 2 amide bonds. The first kappa shape index (κ1) is 16.9. The Bertz CT molecular complexity index is 300. The summed E-state index contributed by atoms with van der Waals surface area (Å²) in [7, 11) is 1.63. The van der Waals surface area contributed by atoms with Gasteiger partial charge in [0.25, 0.3) is 0 Å². The second kappa shape index (κ2) is 6.18. The Morgan fingerprint density at radius 3 is 1.89 bits per heavy atom. The summed E-state index contributed by atoms with van der Waals surface area (Å²) in [5.74, 6) is -0.233. The van der Waals surface area contributed by atoms with Crippen LogP contribution in [-0.2, 0) is 9.59 Å². The first-order valence-corrected chi connectivity index (χ1v) is 6.21. The number of nitrogens with one attached hydrogen (secondary N) is 2. The molecule has 0 aromatic rings. The van der Waals surface area contributed by atoms with Crippen LogP contribution in [0.2, 0.25) is 0 Å². The number of likely N-dealkylation sites (N-methyl/N-ethyl adjacent to an activating group) is 1. The van der Waals surface area contributed by atoms with Gasteiger partial charge in [-0.2, -0.15) is 0 Å². The molecule has 0 aliphatic carbocycles. The van der Waals surface area contributed by atoms with Crippen molar-refractivity contribution in [3.8, 4) is 0 Å². The lowest BCUT2D eigenvalue weighted by Gasteiger charge is -2.25. The molecule has 0 spiro atoms. The van der Waals surface area contributed by atoms with Crippen molar-refractivity contribution in [1.82, 2.24) is 15.5 Å². The van der Waals surface area contributed by atoms with E-state index in [1.54, 1.807) is 7.05 Å². The Balaban J connectivity index is 4.13. The lowest BCUT2D eigenvalue weighted by atomic mass is 10.1. The summed E-state index contributed by atoms with van der Waals surface area (Å²) in [6, 6.07) is 0. The van der Waals surface area contributed by atoms with Crippen LogP contribution >= 0.6 is 0 Å². The van der Waals surface area contributed by atoms with Gasteiger partial charge in [-0.25, -0.2) is 0 Å². The fourth-order valence-corrected chi connectivity index (χ4v) is 1.24. The molecular formula is C13H27N3O2. The maximum absolute atomic E-state index is 11.8. The van der Waals surface area contributed by atoms with E-state index in [1.165, 1.54) is 4.90 Å². The van der Waals surface area contributed by atoms with Crippen LogP contribution in [0.15, 0.2) is 0 Å². The Kier molecular flexibility index (Phi) is 5.80. The van der Waals surface area contributed by atoms with Crippen molar-refractivity contribution >= 4 is 11.8 Å². The molecule has 2 N–H and O–H groups in total. The summed E-state index contributed by atoms with van der Waals surface area (Å²) < 4.78 is 0. The second-order valence-electron chi connectivity index (χ2n) is 6.65. The van der Waals surface area contributed by atoms with Crippen molar-refractivity contribution in [3.63, 3.8) is 0 Å². The van der Waals surface area contributed by atoms with Crippen LogP contribution in [-0.4, -0.2) is 47.9 Å². The molecule has 0 atom stereocenters. The molecule has 5 nitrogen and oxygen atoms in total. The van der Waals surface area contributed by atoms with E-state index in [1.807, 2.05) is 41.5 Å². The third-order valence-electron chi connectivity index (χ3n) is 2.09. The predicted octanol–water partition coefficient (Wildman–Crippen LogP) is 0.748. The largest absolute Gasteiger partial charge is 0.350 e. The van der Waals surface area contributed by atoms with Gasteiger partial charge in [0.2, 0.25) is 11.8 Å². The first-order valence-electron chi connectivity index (χ1n) is 6.21. The van der Waals surface area contributed by atoms with Crippen molar-refractivity contribution in [1.29, 1.82) is 0 Å². The topological polar surface area (TPSA) is 61.4 Å². The molecule has 0 radical (unpaired) electrons. The Morgan fingerprint density at radius 1 is 1.00 bits per heavy atom. The van der Waals surface area contributed by atoms with Crippen LogP contribution < -0.4 is 10.6 Å². The normalized spacial score (nSPS) is 12.2. The number of carbonyl (C=O) groups is 2. The molecule has 0 unspecified atom stereocenters. The Hall–Kier alpha value is -1.10. The zero-order chi connectivity index (χ0) is 14.6. The molecule has 0 saturated heterocycles. The van der Waals surface area contributed by atoms with Crippen LogP contribution in [0.25, 0.3) is 0 Å². The molecular weight excluding hydrogens is 230 g/mol.